The van der Waals surface area contributed by atoms with Crippen molar-refractivity contribution >= 4 is 5.91 Å². The summed E-state index contributed by atoms with van der Waals surface area (Å²) in [5.41, 5.74) is 2.73. The van der Waals surface area contributed by atoms with Gasteiger partial charge in [0.05, 0.1) is 0 Å². The summed E-state index contributed by atoms with van der Waals surface area (Å²) in [6.45, 7) is 5.07. The maximum absolute atomic E-state index is 12.9. The van der Waals surface area contributed by atoms with Crippen LogP contribution in [0.3, 0.4) is 0 Å². The maximum atomic E-state index is 12.9. The molecule has 1 aromatic rings. The second-order valence-corrected chi connectivity index (χ2v) is 6.05. The van der Waals surface area contributed by atoms with E-state index in [1.165, 1.54) is 11.1 Å². The number of rotatable bonds is 4. The average Bonchev–Trinajstić information content (AvgIpc) is 3.12. The van der Waals surface area contributed by atoms with Crippen LogP contribution >= 0.6 is 0 Å². The second kappa shape index (κ2) is 5.96. The zero-order valence-electron chi connectivity index (χ0n) is 12.3. The predicted octanol–water partition coefficient (Wildman–Crippen LogP) is 2.00. The van der Waals surface area contributed by atoms with E-state index in [1.54, 1.807) is 0 Å². The van der Waals surface area contributed by atoms with Crippen LogP contribution in [0.5, 0.6) is 0 Å². The van der Waals surface area contributed by atoms with Crippen molar-refractivity contribution in [2.45, 2.75) is 38.6 Å². The Morgan fingerprint density at radius 1 is 1.30 bits per heavy atom. The molecule has 0 bridgehead atoms. The lowest BCUT2D eigenvalue weighted by Crippen LogP contribution is -2.45. The summed E-state index contributed by atoms with van der Waals surface area (Å²) in [6.07, 6.45) is 4.00. The van der Waals surface area contributed by atoms with Gasteiger partial charge in [0, 0.05) is 25.0 Å². The molecule has 1 amide bonds. The van der Waals surface area contributed by atoms with Gasteiger partial charge in [-0.25, -0.2) is 0 Å². The molecular weight excluding hydrogens is 248 g/mol. The minimum absolute atomic E-state index is 0.166. The zero-order chi connectivity index (χ0) is 13.9. The highest BCUT2D eigenvalue weighted by atomic mass is 16.2. The quantitative estimate of drug-likeness (QED) is 0.909. The lowest BCUT2D eigenvalue weighted by atomic mass is 10.0. The summed E-state index contributed by atoms with van der Waals surface area (Å²) in [6, 6.07) is 8.91. The van der Waals surface area contributed by atoms with Crippen molar-refractivity contribution in [2.75, 3.05) is 19.6 Å². The summed E-state index contributed by atoms with van der Waals surface area (Å²) in [4.78, 5) is 15.0. The Hall–Kier alpha value is -1.35. The summed E-state index contributed by atoms with van der Waals surface area (Å²) in [5, 5.41) is 3.38. The van der Waals surface area contributed by atoms with E-state index in [0.29, 0.717) is 11.9 Å². The highest BCUT2D eigenvalue weighted by Gasteiger charge is 2.34. The van der Waals surface area contributed by atoms with Crippen molar-refractivity contribution in [1.82, 2.24) is 10.2 Å². The van der Waals surface area contributed by atoms with Crippen LogP contribution in [0.25, 0.3) is 0 Å². The Morgan fingerprint density at radius 2 is 2.00 bits per heavy atom. The average molecular weight is 272 g/mol. The number of nitrogens with one attached hydrogen (secondary N) is 1. The van der Waals surface area contributed by atoms with Crippen LogP contribution in [-0.2, 0) is 17.6 Å². The summed E-state index contributed by atoms with van der Waals surface area (Å²) < 4.78 is 0. The van der Waals surface area contributed by atoms with Crippen LogP contribution in [0.15, 0.2) is 24.3 Å². The van der Waals surface area contributed by atoms with E-state index in [2.05, 4.69) is 41.4 Å². The first-order valence-corrected chi connectivity index (χ1v) is 7.87. The van der Waals surface area contributed by atoms with E-state index in [1.807, 2.05) is 0 Å². The van der Waals surface area contributed by atoms with E-state index in [9.17, 15) is 4.79 Å². The molecule has 0 spiro atoms. The number of carbonyl (C=O) groups is 1. The van der Waals surface area contributed by atoms with Gasteiger partial charge in [0.15, 0.2) is 0 Å². The van der Waals surface area contributed by atoms with Crippen LogP contribution in [0.4, 0.5) is 0 Å². The Kier molecular flexibility index (Phi) is 4.06. The number of hydrogen-bond acceptors (Lipinski definition) is 2. The first-order valence-electron chi connectivity index (χ1n) is 7.87. The lowest BCUT2D eigenvalue weighted by molar-refractivity contribution is -0.137. The molecule has 1 aromatic carbocycles. The fourth-order valence-corrected chi connectivity index (χ4v) is 3.59. The van der Waals surface area contributed by atoms with Crippen molar-refractivity contribution in [2.24, 2.45) is 5.92 Å². The van der Waals surface area contributed by atoms with Crippen LogP contribution in [-0.4, -0.2) is 36.5 Å². The molecule has 1 heterocycles. The van der Waals surface area contributed by atoms with Gasteiger partial charge >= 0.3 is 0 Å². The molecule has 3 rings (SSSR count). The molecule has 20 heavy (non-hydrogen) atoms. The highest BCUT2D eigenvalue weighted by Crippen LogP contribution is 2.28. The lowest BCUT2D eigenvalue weighted by Gasteiger charge is -2.30. The number of carbonyl (C=O) groups excluding carboxylic acids is 1. The van der Waals surface area contributed by atoms with Crippen molar-refractivity contribution < 1.29 is 4.79 Å². The number of hydrogen-bond donors (Lipinski definition) is 1. The minimum atomic E-state index is 0.166. The smallest absolute Gasteiger partial charge is 0.226 e. The summed E-state index contributed by atoms with van der Waals surface area (Å²) in [5.74, 6) is 0.538. The largest absolute Gasteiger partial charge is 0.338 e. The first-order chi connectivity index (χ1) is 9.79. The zero-order valence-corrected chi connectivity index (χ0v) is 12.3. The SMILES string of the molecule is CCCN(C(=O)C1Cc2ccccc2C1)C1CCNC1. The van der Waals surface area contributed by atoms with E-state index in [-0.39, 0.29) is 5.92 Å². The number of fused-ring (bicyclic) bond motifs is 1. The molecule has 3 heteroatoms. The minimum Gasteiger partial charge on any atom is -0.338 e. The van der Waals surface area contributed by atoms with Crippen molar-refractivity contribution in [3.8, 4) is 0 Å². The van der Waals surface area contributed by atoms with Gasteiger partial charge in [-0.1, -0.05) is 31.2 Å². The summed E-state index contributed by atoms with van der Waals surface area (Å²) in [7, 11) is 0. The molecule has 1 fully saturated rings. The Balaban J connectivity index is 1.71. The highest BCUT2D eigenvalue weighted by molar-refractivity contribution is 5.81. The predicted molar refractivity (Wildman–Crippen MR) is 80.6 cm³/mol. The standard InChI is InChI=1S/C17H24N2O/c1-2-9-19(16-7-8-18-12-16)17(20)15-10-13-5-3-4-6-14(13)11-15/h3-6,15-16,18H,2,7-12H2,1H3. The molecular formula is C17H24N2O. The third kappa shape index (κ3) is 2.59. The number of amides is 1. The fraction of sp³-hybridized carbons (Fsp3) is 0.588. The third-order valence-corrected chi connectivity index (χ3v) is 4.62. The topological polar surface area (TPSA) is 32.3 Å². The van der Waals surface area contributed by atoms with Gasteiger partial charge < -0.3 is 10.2 Å². The molecule has 1 atom stereocenters. The van der Waals surface area contributed by atoms with Gasteiger partial charge in [0.2, 0.25) is 5.91 Å². The van der Waals surface area contributed by atoms with Gasteiger partial charge in [-0.3, -0.25) is 4.79 Å². The van der Waals surface area contributed by atoms with Crippen LogP contribution in [0, 0.1) is 5.92 Å². The second-order valence-electron chi connectivity index (χ2n) is 6.05. The molecule has 3 nitrogen and oxygen atoms in total. The normalized spacial score (nSPS) is 21.9. The van der Waals surface area contributed by atoms with Gasteiger partial charge in [0.1, 0.15) is 0 Å². The molecule has 108 valence electrons. The van der Waals surface area contributed by atoms with Gasteiger partial charge in [0.25, 0.3) is 0 Å². The Morgan fingerprint density at radius 3 is 2.55 bits per heavy atom. The van der Waals surface area contributed by atoms with Gasteiger partial charge in [-0.05, 0) is 43.4 Å². The van der Waals surface area contributed by atoms with Crippen LogP contribution in [0.1, 0.15) is 30.9 Å². The maximum Gasteiger partial charge on any atom is 0.226 e. The third-order valence-electron chi connectivity index (χ3n) is 4.62. The van der Waals surface area contributed by atoms with Crippen LogP contribution in [0.2, 0.25) is 0 Å². The monoisotopic (exact) mass is 272 g/mol. The van der Waals surface area contributed by atoms with Crippen LogP contribution < -0.4 is 5.32 Å². The van der Waals surface area contributed by atoms with Gasteiger partial charge in [-0.2, -0.15) is 0 Å². The fourth-order valence-electron chi connectivity index (χ4n) is 3.59. The molecule has 1 aliphatic heterocycles. The van der Waals surface area contributed by atoms with Crippen molar-refractivity contribution in [3.63, 3.8) is 0 Å². The first kappa shape index (κ1) is 13.6. The Bertz CT molecular complexity index is 455. The van der Waals surface area contributed by atoms with Gasteiger partial charge in [-0.15, -0.1) is 0 Å². The molecule has 2 aliphatic rings. The molecule has 0 radical (unpaired) electrons. The molecule has 1 saturated heterocycles. The van der Waals surface area contributed by atoms with Crippen molar-refractivity contribution in [3.05, 3.63) is 35.4 Å². The Labute approximate surface area is 121 Å². The van der Waals surface area contributed by atoms with E-state index >= 15 is 0 Å². The molecule has 1 N–H and O–H groups in total. The number of nitrogens with zero attached hydrogens (tertiary/aromatic N) is 1. The van der Waals surface area contributed by atoms with Crippen molar-refractivity contribution in [1.29, 1.82) is 0 Å². The molecule has 1 unspecified atom stereocenters. The molecule has 0 saturated carbocycles. The van der Waals surface area contributed by atoms with E-state index in [0.717, 1.165) is 45.3 Å². The molecule has 0 aromatic heterocycles. The van der Waals surface area contributed by atoms with E-state index in [4.69, 9.17) is 0 Å². The van der Waals surface area contributed by atoms with E-state index < -0.39 is 0 Å². The number of benzene rings is 1. The summed E-state index contributed by atoms with van der Waals surface area (Å²) >= 11 is 0. The molecule has 1 aliphatic carbocycles.